The molecule has 2 fully saturated rings. The summed E-state index contributed by atoms with van der Waals surface area (Å²) in [5.74, 6) is -0.579. The van der Waals surface area contributed by atoms with Crippen LogP contribution in [0.1, 0.15) is 21.7 Å². The van der Waals surface area contributed by atoms with Crippen molar-refractivity contribution in [2.75, 3.05) is 31.1 Å². The third-order valence-electron chi connectivity index (χ3n) is 4.91. The molecule has 136 valence electrons. The standard InChI is InChI=1S/C19H19FN2O3S/c1-13-7-16(26-10-13)18(24)21-6-5-19(11-21)12-22(17(23)9-25-19)15-4-2-3-14(20)8-15/h2-4,7-8,10H,5-6,9,11-12H2,1H3. The lowest BCUT2D eigenvalue weighted by Gasteiger charge is -2.40. The number of carbonyl (C=O) groups is 2. The van der Waals surface area contributed by atoms with E-state index in [2.05, 4.69) is 0 Å². The Balaban J connectivity index is 1.52. The number of hydrogen-bond donors (Lipinski definition) is 0. The van der Waals surface area contributed by atoms with Crippen LogP contribution in [0.15, 0.2) is 35.7 Å². The van der Waals surface area contributed by atoms with Gasteiger partial charge in [-0.05, 0) is 48.6 Å². The summed E-state index contributed by atoms with van der Waals surface area (Å²) in [5, 5.41) is 1.96. The zero-order valence-corrected chi connectivity index (χ0v) is 15.2. The van der Waals surface area contributed by atoms with E-state index in [4.69, 9.17) is 4.74 Å². The maximum Gasteiger partial charge on any atom is 0.264 e. The van der Waals surface area contributed by atoms with Crippen LogP contribution in [0.2, 0.25) is 0 Å². The average molecular weight is 374 g/mol. The van der Waals surface area contributed by atoms with Crippen molar-refractivity contribution in [3.8, 4) is 0 Å². The molecule has 1 unspecified atom stereocenters. The fourth-order valence-corrected chi connectivity index (χ4v) is 4.42. The van der Waals surface area contributed by atoms with Crippen molar-refractivity contribution in [1.29, 1.82) is 0 Å². The van der Waals surface area contributed by atoms with Gasteiger partial charge in [-0.25, -0.2) is 4.39 Å². The normalized spacial score (nSPS) is 23.1. The molecule has 5 nitrogen and oxygen atoms in total. The van der Waals surface area contributed by atoms with Gasteiger partial charge in [-0.2, -0.15) is 0 Å². The smallest absolute Gasteiger partial charge is 0.264 e. The summed E-state index contributed by atoms with van der Waals surface area (Å²) in [5.41, 5.74) is 1.00. The van der Waals surface area contributed by atoms with Crippen molar-refractivity contribution in [1.82, 2.24) is 4.90 Å². The van der Waals surface area contributed by atoms with Crippen LogP contribution in [0.3, 0.4) is 0 Å². The molecule has 1 spiro atoms. The number of thiophene rings is 1. The van der Waals surface area contributed by atoms with Gasteiger partial charge in [-0.1, -0.05) is 6.07 Å². The number of amides is 2. The minimum Gasteiger partial charge on any atom is -0.361 e. The van der Waals surface area contributed by atoms with E-state index in [0.29, 0.717) is 36.6 Å². The number of aryl methyl sites for hydroxylation is 1. The van der Waals surface area contributed by atoms with Gasteiger partial charge in [-0.3, -0.25) is 9.59 Å². The predicted molar refractivity (Wildman–Crippen MR) is 97.0 cm³/mol. The first-order valence-corrected chi connectivity index (χ1v) is 9.38. The largest absolute Gasteiger partial charge is 0.361 e. The molecule has 4 rings (SSSR count). The Morgan fingerprint density at radius 3 is 2.88 bits per heavy atom. The molecular formula is C19H19FN2O3S. The van der Waals surface area contributed by atoms with E-state index in [-0.39, 0.29) is 24.2 Å². The van der Waals surface area contributed by atoms with Crippen LogP contribution in [0.25, 0.3) is 0 Å². The zero-order chi connectivity index (χ0) is 18.3. The second-order valence-electron chi connectivity index (χ2n) is 6.90. The molecule has 2 amide bonds. The Morgan fingerprint density at radius 1 is 1.31 bits per heavy atom. The highest BCUT2D eigenvalue weighted by Gasteiger charge is 2.46. The number of rotatable bonds is 2. The van der Waals surface area contributed by atoms with Gasteiger partial charge in [0.15, 0.2) is 0 Å². The molecule has 26 heavy (non-hydrogen) atoms. The molecule has 1 aromatic heterocycles. The highest BCUT2D eigenvalue weighted by atomic mass is 32.1. The Hall–Kier alpha value is -2.25. The van der Waals surface area contributed by atoms with Crippen molar-refractivity contribution in [2.24, 2.45) is 0 Å². The first-order chi connectivity index (χ1) is 12.5. The van der Waals surface area contributed by atoms with E-state index in [1.54, 1.807) is 21.9 Å². The van der Waals surface area contributed by atoms with Crippen LogP contribution in [-0.2, 0) is 9.53 Å². The molecule has 2 aromatic rings. The van der Waals surface area contributed by atoms with Crippen molar-refractivity contribution in [3.05, 3.63) is 52.0 Å². The molecule has 0 saturated carbocycles. The van der Waals surface area contributed by atoms with Crippen LogP contribution >= 0.6 is 11.3 Å². The maximum atomic E-state index is 13.6. The summed E-state index contributed by atoms with van der Waals surface area (Å²) in [6.07, 6.45) is 0.655. The van der Waals surface area contributed by atoms with Crippen molar-refractivity contribution < 1.29 is 18.7 Å². The summed E-state index contributed by atoms with van der Waals surface area (Å²) in [7, 11) is 0. The van der Waals surface area contributed by atoms with E-state index in [0.717, 1.165) is 5.56 Å². The van der Waals surface area contributed by atoms with E-state index < -0.39 is 5.60 Å². The Bertz CT molecular complexity index is 868. The molecule has 0 radical (unpaired) electrons. The predicted octanol–water partition coefficient (Wildman–Crippen LogP) is 2.84. The van der Waals surface area contributed by atoms with Gasteiger partial charge in [-0.15, -0.1) is 11.3 Å². The topological polar surface area (TPSA) is 49.9 Å². The lowest BCUT2D eigenvalue weighted by Crippen LogP contribution is -2.56. The molecule has 2 saturated heterocycles. The van der Waals surface area contributed by atoms with Crippen molar-refractivity contribution in [2.45, 2.75) is 18.9 Å². The molecule has 1 aromatic carbocycles. The number of morpholine rings is 1. The minimum atomic E-state index is -0.595. The van der Waals surface area contributed by atoms with E-state index in [9.17, 15) is 14.0 Å². The SMILES string of the molecule is Cc1csc(C(=O)N2CCC3(C2)CN(c2cccc(F)c2)C(=O)CO3)c1. The van der Waals surface area contributed by atoms with Crippen molar-refractivity contribution in [3.63, 3.8) is 0 Å². The lowest BCUT2D eigenvalue weighted by atomic mass is 10.00. The number of hydrogen-bond acceptors (Lipinski definition) is 4. The summed E-state index contributed by atoms with van der Waals surface area (Å²) < 4.78 is 19.4. The molecule has 0 N–H and O–H groups in total. The third kappa shape index (κ3) is 3.12. The number of carbonyl (C=O) groups excluding carboxylic acids is 2. The maximum absolute atomic E-state index is 13.6. The highest BCUT2D eigenvalue weighted by Crippen LogP contribution is 2.33. The number of nitrogens with zero attached hydrogens (tertiary/aromatic N) is 2. The lowest BCUT2D eigenvalue weighted by molar-refractivity contribution is -0.137. The second-order valence-corrected chi connectivity index (χ2v) is 7.81. The van der Waals surface area contributed by atoms with E-state index in [1.807, 2.05) is 18.4 Å². The van der Waals surface area contributed by atoms with Gasteiger partial charge in [0.1, 0.15) is 18.0 Å². The van der Waals surface area contributed by atoms with Crippen molar-refractivity contribution >= 4 is 28.8 Å². The van der Waals surface area contributed by atoms with Crippen LogP contribution in [0.5, 0.6) is 0 Å². The van der Waals surface area contributed by atoms with Crippen LogP contribution < -0.4 is 4.90 Å². The first-order valence-electron chi connectivity index (χ1n) is 8.50. The van der Waals surface area contributed by atoms with Crippen LogP contribution in [0.4, 0.5) is 10.1 Å². The minimum absolute atomic E-state index is 0.00206. The van der Waals surface area contributed by atoms with E-state index >= 15 is 0 Å². The fraction of sp³-hybridized carbons (Fsp3) is 0.368. The number of halogens is 1. The molecule has 2 aliphatic heterocycles. The highest BCUT2D eigenvalue weighted by molar-refractivity contribution is 7.12. The Morgan fingerprint density at radius 2 is 2.15 bits per heavy atom. The summed E-state index contributed by atoms with van der Waals surface area (Å²) in [6.45, 7) is 3.24. The van der Waals surface area contributed by atoms with E-state index in [1.165, 1.54) is 23.5 Å². The first kappa shape index (κ1) is 17.2. The molecule has 0 bridgehead atoms. The summed E-state index contributed by atoms with van der Waals surface area (Å²) >= 11 is 1.44. The molecule has 0 aliphatic carbocycles. The molecule has 7 heteroatoms. The molecule has 1 atom stereocenters. The number of likely N-dealkylation sites (tertiary alicyclic amines) is 1. The Labute approximate surface area is 155 Å². The van der Waals surface area contributed by atoms with Gasteiger partial charge in [0.25, 0.3) is 11.8 Å². The summed E-state index contributed by atoms with van der Waals surface area (Å²) in [4.78, 5) is 29.0. The molecule has 3 heterocycles. The second kappa shape index (κ2) is 6.48. The van der Waals surface area contributed by atoms with Gasteiger partial charge in [0.05, 0.1) is 18.0 Å². The van der Waals surface area contributed by atoms with Crippen LogP contribution in [-0.4, -0.2) is 48.6 Å². The van der Waals surface area contributed by atoms with Gasteiger partial charge < -0.3 is 14.5 Å². The zero-order valence-electron chi connectivity index (χ0n) is 14.4. The van der Waals surface area contributed by atoms with Gasteiger partial charge in [0, 0.05) is 12.2 Å². The molecule has 2 aliphatic rings. The number of ether oxygens (including phenoxy) is 1. The molecular weight excluding hydrogens is 355 g/mol. The third-order valence-corrected chi connectivity index (χ3v) is 5.95. The monoisotopic (exact) mass is 374 g/mol. The average Bonchev–Trinajstić information content (AvgIpc) is 3.24. The summed E-state index contributed by atoms with van der Waals surface area (Å²) in [6, 6.07) is 7.89. The fourth-order valence-electron chi connectivity index (χ4n) is 3.56. The van der Waals surface area contributed by atoms with Crippen LogP contribution in [0, 0.1) is 12.7 Å². The number of benzene rings is 1. The van der Waals surface area contributed by atoms with Gasteiger partial charge in [0.2, 0.25) is 0 Å². The Kier molecular flexibility index (Phi) is 4.28. The van der Waals surface area contributed by atoms with Gasteiger partial charge >= 0.3 is 0 Å². The quantitative estimate of drug-likeness (QED) is 0.812. The number of anilines is 1.